The summed E-state index contributed by atoms with van der Waals surface area (Å²) in [7, 11) is 2.06. The molecule has 0 spiro atoms. The third-order valence-corrected chi connectivity index (χ3v) is 6.99. The Morgan fingerprint density at radius 3 is 2.31 bits per heavy atom. The van der Waals surface area contributed by atoms with E-state index in [1.165, 1.54) is 17.7 Å². The van der Waals surface area contributed by atoms with E-state index < -0.39 is 17.8 Å². The van der Waals surface area contributed by atoms with Gasteiger partial charge in [0.05, 0.1) is 11.6 Å². The molecule has 0 saturated heterocycles. The lowest BCUT2D eigenvalue weighted by molar-refractivity contribution is -0.137. The largest absolute Gasteiger partial charge is 0.416 e. The van der Waals surface area contributed by atoms with Crippen molar-refractivity contribution in [1.82, 2.24) is 15.2 Å². The summed E-state index contributed by atoms with van der Waals surface area (Å²) in [5, 5.41) is 5.74. The van der Waals surface area contributed by atoms with Crippen molar-refractivity contribution in [2.45, 2.75) is 25.2 Å². The lowest BCUT2D eigenvalue weighted by Crippen LogP contribution is -2.27. The Labute approximate surface area is 225 Å². The summed E-state index contributed by atoms with van der Waals surface area (Å²) in [6, 6.07) is 28.3. The van der Waals surface area contributed by atoms with E-state index in [9.17, 15) is 18.0 Å². The number of hydrogen-bond acceptors (Lipinski definition) is 3. The Kier molecular flexibility index (Phi) is 7.82. The molecule has 200 valence electrons. The number of nitrogens with one attached hydrogen (secondary N) is 2. The predicted octanol–water partition coefficient (Wildman–Crippen LogP) is 6.90. The summed E-state index contributed by atoms with van der Waals surface area (Å²) in [4.78, 5) is 17.7. The molecular formula is C32H30F3N3O. The SMILES string of the molecule is CN(CCCNC(c1cccc(C(F)(F)F)c1)c1ccc2[nH]c(=O)c3ccccc3c2c1)Cc1ccccc1. The molecule has 1 heterocycles. The first-order chi connectivity index (χ1) is 18.8. The minimum Gasteiger partial charge on any atom is -0.321 e. The van der Waals surface area contributed by atoms with Gasteiger partial charge in [-0.3, -0.25) is 4.79 Å². The van der Waals surface area contributed by atoms with Crippen LogP contribution in [0.25, 0.3) is 21.7 Å². The minimum absolute atomic E-state index is 0.168. The highest BCUT2D eigenvalue weighted by Crippen LogP contribution is 2.33. The van der Waals surface area contributed by atoms with Gasteiger partial charge >= 0.3 is 6.18 Å². The molecule has 0 amide bonds. The van der Waals surface area contributed by atoms with Crippen LogP contribution in [0.3, 0.4) is 0 Å². The monoisotopic (exact) mass is 529 g/mol. The predicted molar refractivity (Wildman–Crippen MR) is 151 cm³/mol. The zero-order chi connectivity index (χ0) is 27.4. The van der Waals surface area contributed by atoms with Crippen LogP contribution in [0.1, 0.15) is 34.7 Å². The first-order valence-corrected chi connectivity index (χ1v) is 13.0. The van der Waals surface area contributed by atoms with Crippen LogP contribution < -0.4 is 10.9 Å². The number of halogens is 3. The van der Waals surface area contributed by atoms with Crippen molar-refractivity contribution in [3.8, 4) is 0 Å². The number of nitrogens with zero attached hydrogens (tertiary/aromatic N) is 1. The van der Waals surface area contributed by atoms with Crippen LogP contribution in [0.2, 0.25) is 0 Å². The Balaban J connectivity index is 1.43. The van der Waals surface area contributed by atoms with E-state index in [2.05, 4.69) is 34.4 Å². The highest BCUT2D eigenvalue weighted by Gasteiger charge is 2.31. The number of rotatable bonds is 9. The van der Waals surface area contributed by atoms with Gasteiger partial charge in [-0.2, -0.15) is 13.2 Å². The summed E-state index contributed by atoms with van der Waals surface area (Å²) >= 11 is 0. The van der Waals surface area contributed by atoms with Crippen molar-refractivity contribution in [3.05, 3.63) is 130 Å². The summed E-state index contributed by atoms with van der Waals surface area (Å²) < 4.78 is 40.7. The highest BCUT2D eigenvalue weighted by molar-refractivity contribution is 6.05. The average Bonchev–Trinajstić information content (AvgIpc) is 2.93. The first-order valence-electron chi connectivity index (χ1n) is 13.0. The molecule has 1 atom stereocenters. The Bertz CT molecular complexity index is 1630. The maximum absolute atomic E-state index is 13.6. The second-order valence-corrected chi connectivity index (χ2v) is 9.89. The molecule has 39 heavy (non-hydrogen) atoms. The molecule has 5 aromatic rings. The fraction of sp³-hybridized carbons (Fsp3) is 0.219. The lowest BCUT2D eigenvalue weighted by atomic mass is 9.94. The molecule has 0 aliphatic rings. The number of benzene rings is 4. The van der Waals surface area contributed by atoms with Gasteiger partial charge in [0, 0.05) is 22.8 Å². The van der Waals surface area contributed by atoms with Crippen LogP contribution >= 0.6 is 0 Å². The molecule has 0 aliphatic heterocycles. The molecule has 1 aromatic heterocycles. The van der Waals surface area contributed by atoms with Crippen molar-refractivity contribution < 1.29 is 13.2 Å². The van der Waals surface area contributed by atoms with Gasteiger partial charge in [-0.1, -0.05) is 66.7 Å². The van der Waals surface area contributed by atoms with Gasteiger partial charge in [0.15, 0.2) is 0 Å². The summed E-state index contributed by atoms with van der Waals surface area (Å²) in [6.45, 7) is 2.28. The third-order valence-electron chi connectivity index (χ3n) is 6.99. The van der Waals surface area contributed by atoms with Crippen LogP contribution in [-0.4, -0.2) is 30.0 Å². The van der Waals surface area contributed by atoms with Gasteiger partial charge in [0.25, 0.3) is 5.56 Å². The molecule has 5 rings (SSSR count). The Morgan fingerprint density at radius 2 is 1.54 bits per heavy atom. The number of hydrogen-bond donors (Lipinski definition) is 2. The molecule has 4 nitrogen and oxygen atoms in total. The molecule has 0 bridgehead atoms. The first kappa shape index (κ1) is 26.7. The van der Waals surface area contributed by atoms with Gasteiger partial charge in [0.2, 0.25) is 0 Å². The zero-order valence-electron chi connectivity index (χ0n) is 21.6. The maximum atomic E-state index is 13.6. The second-order valence-electron chi connectivity index (χ2n) is 9.89. The molecule has 0 radical (unpaired) electrons. The molecule has 2 N–H and O–H groups in total. The molecule has 0 aliphatic carbocycles. The molecule has 1 unspecified atom stereocenters. The number of alkyl halides is 3. The van der Waals surface area contributed by atoms with Crippen molar-refractivity contribution in [1.29, 1.82) is 0 Å². The fourth-order valence-electron chi connectivity index (χ4n) is 5.07. The Hall–Kier alpha value is -3.94. The van der Waals surface area contributed by atoms with Crippen molar-refractivity contribution in [2.24, 2.45) is 0 Å². The number of fused-ring (bicyclic) bond motifs is 3. The van der Waals surface area contributed by atoms with Crippen LogP contribution in [-0.2, 0) is 12.7 Å². The number of aromatic nitrogens is 1. The van der Waals surface area contributed by atoms with E-state index in [0.717, 1.165) is 41.9 Å². The topological polar surface area (TPSA) is 48.1 Å². The Morgan fingerprint density at radius 1 is 0.821 bits per heavy atom. The van der Waals surface area contributed by atoms with Gasteiger partial charge in [-0.05, 0) is 79.0 Å². The van der Waals surface area contributed by atoms with E-state index in [4.69, 9.17) is 0 Å². The van der Waals surface area contributed by atoms with Crippen LogP contribution in [0.4, 0.5) is 13.2 Å². The third kappa shape index (κ3) is 6.21. The average molecular weight is 530 g/mol. The quantitative estimate of drug-likeness (QED) is 0.161. The van der Waals surface area contributed by atoms with Crippen molar-refractivity contribution in [2.75, 3.05) is 20.1 Å². The number of H-pyrrole nitrogens is 1. The minimum atomic E-state index is -4.43. The smallest absolute Gasteiger partial charge is 0.321 e. The number of aromatic amines is 1. The summed E-state index contributed by atoms with van der Waals surface area (Å²) in [5.41, 5.74) is 2.44. The van der Waals surface area contributed by atoms with Crippen LogP contribution in [0.5, 0.6) is 0 Å². The van der Waals surface area contributed by atoms with Gasteiger partial charge < -0.3 is 15.2 Å². The fourth-order valence-corrected chi connectivity index (χ4v) is 5.07. The van der Waals surface area contributed by atoms with E-state index in [1.54, 1.807) is 12.1 Å². The van der Waals surface area contributed by atoms with E-state index in [0.29, 0.717) is 23.0 Å². The summed E-state index contributed by atoms with van der Waals surface area (Å²) in [6.07, 6.45) is -3.61. The van der Waals surface area contributed by atoms with E-state index in [-0.39, 0.29) is 5.56 Å². The molecule has 7 heteroatoms. The molecular weight excluding hydrogens is 499 g/mol. The van der Waals surface area contributed by atoms with E-state index in [1.807, 2.05) is 54.6 Å². The molecule has 0 fully saturated rings. The van der Waals surface area contributed by atoms with Gasteiger partial charge in [0.1, 0.15) is 0 Å². The highest BCUT2D eigenvalue weighted by atomic mass is 19.4. The summed E-state index contributed by atoms with van der Waals surface area (Å²) in [5.74, 6) is 0. The van der Waals surface area contributed by atoms with Gasteiger partial charge in [-0.15, -0.1) is 0 Å². The second kappa shape index (κ2) is 11.4. The van der Waals surface area contributed by atoms with Gasteiger partial charge in [-0.25, -0.2) is 0 Å². The van der Waals surface area contributed by atoms with E-state index >= 15 is 0 Å². The number of pyridine rings is 1. The standard InChI is InChI=1S/C32H30F3N3O/c1-38(21-22-9-3-2-4-10-22)18-8-17-36-30(23-11-7-12-25(19-23)32(33,34)35)24-15-16-29-28(20-24)26-13-5-6-14-27(26)31(39)37-29/h2-7,9-16,19-20,30,36H,8,17-18,21H2,1H3,(H,37,39). The lowest BCUT2D eigenvalue weighted by Gasteiger charge is -2.23. The zero-order valence-corrected chi connectivity index (χ0v) is 21.6. The maximum Gasteiger partial charge on any atom is 0.416 e. The molecule has 0 saturated carbocycles. The normalized spacial score (nSPS) is 12.8. The van der Waals surface area contributed by atoms with Crippen molar-refractivity contribution in [3.63, 3.8) is 0 Å². The van der Waals surface area contributed by atoms with Crippen molar-refractivity contribution >= 4 is 21.7 Å². The van der Waals surface area contributed by atoms with Crippen LogP contribution in [0, 0.1) is 0 Å². The molecule has 4 aromatic carbocycles. The van der Waals surface area contributed by atoms with Crippen LogP contribution in [0.15, 0.2) is 102 Å².